The Balaban J connectivity index is 2.42. The highest BCUT2D eigenvalue weighted by atomic mass is 35.5. The molecule has 0 aliphatic rings. The molecule has 0 aromatic heterocycles. The molecule has 0 N–H and O–H groups in total. The maximum absolute atomic E-state index is 12.4. The van der Waals surface area contributed by atoms with E-state index in [1.807, 2.05) is 31.2 Å². The molecule has 0 bridgehead atoms. The minimum Gasteiger partial charge on any atom is -0.289 e. The molecule has 18 heavy (non-hydrogen) atoms. The molecule has 0 heterocycles. The molecule has 0 saturated carbocycles. The highest BCUT2D eigenvalue weighted by molar-refractivity contribution is 7.79. The highest BCUT2D eigenvalue weighted by Gasteiger charge is 2.13. The van der Waals surface area contributed by atoms with Gasteiger partial charge in [-0.3, -0.25) is 4.79 Å². The van der Waals surface area contributed by atoms with Crippen LogP contribution in [0.25, 0.3) is 0 Å². The fourth-order valence-electron chi connectivity index (χ4n) is 1.78. The summed E-state index contributed by atoms with van der Waals surface area (Å²) in [4.78, 5) is 12.4. The molecule has 0 saturated heterocycles. The van der Waals surface area contributed by atoms with Crippen molar-refractivity contribution in [2.75, 3.05) is 0 Å². The summed E-state index contributed by atoms with van der Waals surface area (Å²) in [7, 11) is 0. The zero-order valence-corrected chi connectivity index (χ0v) is 11.6. The minimum atomic E-state index is 0.00992. The Kier molecular flexibility index (Phi) is 4.10. The van der Waals surface area contributed by atoms with E-state index in [1.165, 1.54) is 0 Å². The quantitative estimate of drug-likeness (QED) is 0.653. The Morgan fingerprint density at radius 1 is 1.17 bits per heavy atom. The first-order valence-electron chi connectivity index (χ1n) is 5.62. The summed E-state index contributed by atoms with van der Waals surface area (Å²) in [5.74, 6) is 0.503. The zero-order valence-electron chi connectivity index (χ0n) is 9.98. The molecule has 0 spiro atoms. The van der Waals surface area contributed by atoms with Gasteiger partial charge < -0.3 is 0 Å². The predicted octanol–water partition coefficient (Wildman–Crippen LogP) is 4.31. The topological polar surface area (TPSA) is 17.1 Å². The number of aryl methyl sites for hydroxylation is 1. The second-order valence-electron chi connectivity index (χ2n) is 4.15. The van der Waals surface area contributed by atoms with E-state index >= 15 is 0 Å². The largest absolute Gasteiger partial charge is 0.289 e. The smallest absolute Gasteiger partial charge is 0.193 e. The Morgan fingerprint density at radius 3 is 2.44 bits per heavy atom. The third kappa shape index (κ3) is 2.77. The van der Waals surface area contributed by atoms with E-state index < -0.39 is 0 Å². The van der Waals surface area contributed by atoms with Gasteiger partial charge in [0.05, 0.1) is 0 Å². The number of rotatable bonds is 3. The molecular formula is C15H13ClOS. The molecule has 0 radical (unpaired) electrons. The van der Waals surface area contributed by atoms with Crippen LogP contribution in [0, 0.1) is 6.92 Å². The molecule has 0 amide bonds. The standard InChI is InChI=1S/C15H13ClOS/c1-10-2-4-11(5-3-10)15(17)14-7-6-13(16)8-12(14)9-18/h2-8,18H,9H2,1H3. The average molecular weight is 277 g/mol. The molecule has 2 rings (SSSR count). The highest BCUT2D eigenvalue weighted by Crippen LogP contribution is 2.21. The van der Waals surface area contributed by atoms with Crippen LogP contribution in [0.1, 0.15) is 27.0 Å². The van der Waals surface area contributed by atoms with Gasteiger partial charge in [0.15, 0.2) is 5.78 Å². The lowest BCUT2D eigenvalue weighted by Crippen LogP contribution is -2.04. The van der Waals surface area contributed by atoms with Crippen LogP contribution in [-0.4, -0.2) is 5.78 Å². The molecule has 3 heteroatoms. The van der Waals surface area contributed by atoms with Crippen molar-refractivity contribution in [1.82, 2.24) is 0 Å². The summed E-state index contributed by atoms with van der Waals surface area (Å²) >= 11 is 10.2. The van der Waals surface area contributed by atoms with Gasteiger partial charge in [0, 0.05) is 21.9 Å². The van der Waals surface area contributed by atoms with Crippen LogP contribution in [0.4, 0.5) is 0 Å². The molecular weight excluding hydrogens is 264 g/mol. The van der Waals surface area contributed by atoms with Gasteiger partial charge in [-0.05, 0) is 30.7 Å². The second-order valence-corrected chi connectivity index (χ2v) is 4.91. The Hall–Kier alpha value is -1.25. The Morgan fingerprint density at radius 2 is 1.83 bits per heavy atom. The average Bonchev–Trinajstić information content (AvgIpc) is 2.38. The predicted molar refractivity (Wildman–Crippen MR) is 78.8 cm³/mol. The van der Waals surface area contributed by atoms with Crippen LogP contribution in [0.2, 0.25) is 5.02 Å². The third-order valence-corrected chi connectivity index (χ3v) is 3.37. The van der Waals surface area contributed by atoms with Crippen LogP contribution < -0.4 is 0 Å². The first-order valence-corrected chi connectivity index (χ1v) is 6.63. The molecule has 0 unspecified atom stereocenters. The van der Waals surface area contributed by atoms with Gasteiger partial charge in [-0.25, -0.2) is 0 Å². The van der Waals surface area contributed by atoms with E-state index in [4.69, 9.17) is 11.6 Å². The van der Waals surface area contributed by atoms with Crippen molar-refractivity contribution in [2.24, 2.45) is 0 Å². The zero-order chi connectivity index (χ0) is 13.1. The second kappa shape index (κ2) is 5.59. The van der Waals surface area contributed by atoms with Crippen molar-refractivity contribution in [2.45, 2.75) is 12.7 Å². The summed E-state index contributed by atoms with van der Waals surface area (Å²) in [6, 6.07) is 12.8. The Labute approximate surface area is 117 Å². The van der Waals surface area contributed by atoms with E-state index in [2.05, 4.69) is 12.6 Å². The van der Waals surface area contributed by atoms with Crippen molar-refractivity contribution in [1.29, 1.82) is 0 Å². The molecule has 2 aromatic carbocycles. The molecule has 2 aromatic rings. The first kappa shape index (κ1) is 13.2. The lowest BCUT2D eigenvalue weighted by atomic mass is 9.98. The van der Waals surface area contributed by atoms with Crippen molar-refractivity contribution in [3.63, 3.8) is 0 Å². The number of halogens is 1. The van der Waals surface area contributed by atoms with Gasteiger partial charge in [-0.1, -0.05) is 41.4 Å². The number of hydrogen-bond acceptors (Lipinski definition) is 2. The van der Waals surface area contributed by atoms with Crippen LogP contribution >= 0.6 is 24.2 Å². The van der Waals surface area contributed by atoms with Crippen LogP contribution in [0.5, 0.6) is 0 Å². The van der Waals surface area contributed by atoms with Crippen LogP contribution in [-0.2, 0) is 5.75 Å². The molecule has 0 aliphatic heterocycles. The Bertz CT molecular complexity index is 576. The van der Waals surface area contributed by atoms with Crippen molar-refractivity contribution in [3.05, 3.63) is 69.7 Å². The van der Waals surface area contributed by atoms with E-state index in [-0.39, 0.29) is 5.78 Å². The number of hydrogen-bond donors (Lipinski definition) is 1. The summed E-state index contributed by atoms with van der Waals surface area (Å²) in [6.07, 6.45) is 0. The lowest BCUT2D eigenvalue weighted by Gasteiger charge is -2.07. The van der Waals surface area contributed by atoms with Crippen molar-refractivity contribution in [3.8, 4) is 0 Å². The molecule has 0 fully saturated rings. The normalized spacial score (nSPS) is 10.4. The fourth-order valence-corrected chi connectivity index (χ4v) is 2.23. The number of ketones is 1. The summed E-state index contributed by atoms with van der Waals surface area (Å²) < 4.78 is 0. The van der Waals surface area contributed by atoms with E-state index in [1.54, 1.807) is 18.2 Å². The SMILES string of the molecule is Cc1ccc(C(=O)c2ccc(Cl)cc2CS)cc1. The van der Waals surface area contributed by atoms with Gasteiger partial charge in [0.25, 0.3) is 0 Å². The monoisotopic (exact) mass is 276 g/mol. The third-order valence-electron chi connectivity index (χ3n) is 2.80. The van der Waals surface area contributed by atoms with Gasteiger partial charge in [-0.2, -0.15) is 12.6 Å². The number of thiol groups is 1. The fraction of sp³-hybridized carbons (Fsp3) is 0.133. The van der Waals surface area contributed by atoms with Crippen molar-refractivity contribution < 1.29 is 4.79 Å². The van der Waals surface area contributed by atoms with E-state index in [9.17, 15) is 4.79 Å². The van der Waals surface area contributed by atoms with Gasteiger partial charge in [0.2, 0.25) is 0 Å². The van der Waals surface area contributed by atoms with Crippen molar-refractivity contribution >= 4 is 30.0 Å². The number of carbonyl (C=O) groups excluding carboxylic acids is 1. The lowest BCUT2D eigenvalue weighted by molar-refractivity contribution is 0.103. The maximum Gasteiger partial charge on any atom is 0.193 e. The molecule has 92 valence electrons. The van der Waals surface area contributed by atoms with Gasteiger partial charge in [-0.15, -0.1) is 0 Å². The van der Waals surface area contributed by atoms with E-state index in [0.717, 1.165) is 11.1 Å². The van der Waals surface area contributed by atoms with Crippen LogP contribution in [0.3, 0.4) is 0 Å². The summed E-state index contributed by atoms with van der Waals surface area (Å²) in [5, 5.41) is 0.625. The number of benzene rings is 2. The van der Waals surface area contributed by atoms with Crippen LogP contribution in [0.15, 0.2) is 42.5 Å². The van der Waals surface area contributed by atoms with E-state index in [0.29, 0.717) is 21.9 Å². The molecule has 1 nitrogen and oxygen atoms in total. The summed E-state index contributed by atoms with van der Waals surface area (Å²) in [6.45, 7) is 2.00. The van der Waals surface area contributed by atoms with Gasteiger partial charge >= 0.3 is 0 Å². The number of carbonyl (C=O) groups is 1. The maximum atomic E-state index is 12.4. The minimum absolute atomic E-state index is 0.00992. The summed E-state index contributed by atoms with van der Waals surface area (Å²) in [5.41, 5.74) is 3.35. The molecule has 0 atom stereocenters. The first-order chi connectivity index (χ1) is 8.61. The molecule has 0 aliphatic carbocycles. The van der Waals surface area contributed by atoms with Gasteiger partial charge in [0.1, 0.15) is 0 Å².